The van der Waals surface area contributed by atoms with Gasteiger partial charge in [0, 0.05) is 50.9 Å². The van der Waals surface area contributed by atoms with Crippen molar-refractivity contribution in [1.29, 1.82) is 5.41 Å². The number of carbonyl (C=O) groups is 4. The molecule has 3 atom stereocenters. The second-order valence-electron chi connectivity index (χ2n) is 9.89. The van der Waals surface area contributed by atoms with Crippen LogP contribution in [0.5, 0.6) is 0 Å². The number of amides is 4. The topological polar surface area (TPSA) is 200 Å². The largest absolute Gasteiger partial charge is 0.370 e. The summed E-state index contributed by atoms with van der Waals surface area (Å²) >= 11 is 7.30. The number of thiazole rings is 1. The second kappa shape index (κ2) is 13.6. The number of hydrogen-bond acceptors (Lipinski definition) is 8. The monoisotopic (exact) mass is 616 g/mol. The Labute approximate surface area is 250 Å². The smallest absolute Gasteiger partial charge is 0.274 e. The number of pyridine rings is 1. The number of likely N-dealkylation sites (N-methyl/N-ethyl adjacent to an activating group) is 1. The lowest BCUT2D eigenvalue weighted by Crippen LogP contribution is -2.45. The van der Waals surface area contributed by atoms with Crippen molar-refractivity contribution in [3.05, 3.63) is 51.3 Å². The van der Waals surface area contributed by atoms with E-state index in [-0.39, 0.29) is 47.7 Å². The molecule has 0 saturated carbocycles. The molecule has 0 aromatic carbocycles. The van der Waals surface area contributed by atoms with Gasteiger partial charge in [0.25, 0.3) is 11.8 Å². The molecule has 1 aliphatic rings. The van der Waals surface area contributed by atoms with Crippen molar-refractivity contribution in [2.24, 2.45) is 5.73 Å². The van der Waals surface area contributed by atoms with Crippen LogP contribution in [0.15, 0.2) is 29.9 Å². The number of fused-ring (bicyclic) bond motifs is 1. The molecule has 3 aromatic heterocycles. The highest BCUT2D eigenvalue weighted by Crippen LogP contribution is 2.35. The van der Waals surface area contributed by atoms with Gasteiger partial charge in [-0.3, -0.25) is 24.6 Å². The van der Waals surface area contributed by atoms with Crippen LogP contribution in [0, 0.1) is 5.41 Å². The van der Waals surface area contributed by atoms with Crippen LogP contribution in [0.25, 0.3) is 5.65 Å². The zero-order chi connectivity index (χ0) is 30.4. The molecule has 4 amide bonds. The minimum Gasteiger partial charge on any atom is -0.370 e. The van der Waals surface area contributed by atoms with E-state index in [0.717, 1.165) is 0 Å². The molecule has 42 heavy (non-hydrogen) atoms. The van der Waals surface area contributed by atoms with Crippen LogP contribution >= 0.6 is 22.9 Å². The Bertz CT molecular complexity index is 1490. The third-order valence-electron chi connectivity index (χ3n) is 6.75. The Hall–Kier alpha value is -4.24. The average Bonchev–Trinajstić information content (AvgIpc) is 3.68. The zero-order valence-corrected chi connectivity index (χ0v) is 24.7. The third kappa shape index (κ3) is 7.53. The van der Waals surface area contributed by atoms with Crippen LogP contribution in [0.2, 0.25) is 5.02 Å². The second-order valence-corrected chi connectivity index (χ2v) is 11.2. The van der Waals surface area contributed by atoms with E-state index in [1.165, 1.54) is 25.3 Å². The lowest BCUT2D eigenvalue weighted by atomic mass is 10.1. The van der Waals surface area contributed by atoms with Gasteiger partial charge in [-0.2, -0.15) is 0 Å². The van der Waals surface area contributed by atoms with Gasteiger partial charge < -0.3 is 36.3 Å². The summed E-state index contributed by atoms with van der Waals surface area (Å²) in [6, 6.07) is 1.81. The number of nitrogens with zero attached hydrogens (tertiary/aromatic N) is 4. The standard InChI is InChI=1S/C26H33ClN10O4S/c1-14(38)32-16-9-20(37(11-16)25(41)18-12-36-10-15(27)6-7-21(36)33-18)24-35-19(13-42-24)23(40)34-17(22(39)30-2)5-3-4-8-31-26(28)29/h6-7,10,12-13,16-17,20H,3-5,8-9,11H2,1-2H3,(H,30,39)(H,32,38)(H,34,40)(H4,28,29,31)/t16-,17?,20-/m1/s1. The maximum absolute atomic E-state index is 13.6. The molecule has 4 rings (SSSR count). The first-order valence-electron chi connectivity index (χ1n) is 13.3. The van der Waals surface area contributed by atoms with E-state index in [0.29, 0.717) is 47.9 Å². The van der Waals surface area contributed by atoms with E-state index in [1.54, 1.807) is 39.2 Å². The van der Waals surface area contributed by atoms with E-state index in [2.05, 4.69) is 31.2 Å². The maximum atomic E-state index is 13.6. The normalized spacial score (nSPS) is 17.1. The van der Waals surface area contributed by atoms with Crippen molar-refractivity contribution in [1.82, 2.24) is 40.5 Å². The minimum atomic E-state index is -0.776. The van der Waals surface area contributed by atoms with Crippen molar-refractivity contribution < 1.29 is 19.2 Å². The molecule has 0 spiro atoms. The summed E-state index contributed by atoms with van der Waals surface area (Å²) in [4.78, 5) is 61.5. The van der Waals surface area contributed by atoms with Gasteiger partial charge in [-0.25, -0.2) is 9.97 Å². The van der Waals surface area contributed by atoms with Crippen molar-refractivity contribution in [3.63, 3.8) is 0 Å². The number of aromatic nitrogens is 3. The molecule has 1 aliphatic heterocycles. The third-order valence-corrected chi connectivity index (χ3v) is 7.92. The first-order chi connectivity index (χ1) is 20.0. The number of carbonyl (C=O) groups excluding carboxylic acids is 4. The quantitative estimate of drug-likeness (QED) is 0.104. The van der Waals surface area contributed by atoms with Crippen LogP contribution in [-0.2, 0) is 9.59 Å². The first-order valence-corrected chi connectivity index (χ1v) is 14.6. The Morgan fingerprint density at radius 3 is 2.69 bits per heavy atom. The summed E-state index contributed by atoms with van der Waals surface area (Å²) in [6.45, 7) is 2.15. The Morgan fingerprint density at radius 2 is 1.98 bits per heavy atom. The Balaban J connectivity index is 1.49. The number of guanidine groups is 1. The van der Waals surface area contributed by atoms with Crippen molar-refractivity contribution in [3.8, 4) is 0 Å². The maximum Gasteiger partial charge on any atom is 0.274 e. The molecule has 0 radical (unpaired) electrons. The minimum absolute atomic E-state index is 0.125. The van der Waals surface area contributed by atoms with Gasteiger partial charge in [-0.15, -0.1) is 11.3 Å². The molecule has 14 nitrogen and oxygen atoms in total. The van der Waals surface area contributed by atoms with E-state index >= 15 is 0 Å². The summed E-state index contributed by atoms with van der Waals surface area (Å²) in [5.41, 5.74) is 6.18. The summed E-state index contributed by atoms with van der Waals surface area (Å²) in [5.74, 6) is -1.53. The van der Waals surface area contributed by atoms with Crippen LogP contribution in [0.4, 0.5) is 0 Å². The number of imidazole rings is 1. The van der Waals surface area contributed by atoms with Crippen molar-refractivity contribution in [2.75, 3.05) is 20.1 Å². The molecule has 7 N–H and O–H groups in total. The SMILES string of the molecule is CNC(=O)C(CCCCNC(=N)N)NC(=O)c1csc([C@H]2C[C@@H](NC(C)=O)CN2C(=O)c2cn3cc(Cl)ccc3n2)n1. The molecule has 224 valence electrons. The average molecular weight is 617 g/mol. The molecule has 1 unspecified atom stereocenters. The van der Waals surface area contributed by atoms with Gasteiger partial charge >= 0.3 is 0 Å². The predicted octanol–water partition coefficient (Wildman–Crippen LogP) is 1.03. The summed E-state index contributed by atoms with van der Waals surface area (Å²) in [5, 5.41) is 20.7. The van der Waals surface area contributed by atoms with Crippen LogP contribution in [0.3, 0.4) is 0 Å². The molecular formula is C26H33ClN10O4S. The highest BCUT2D eigenvalue weighted by molar-refractivity contribution is 7.09. The van der Waals surface area contributed by atoms with Gasteiger partial charge in [0.2, 0.25) is 11.8 Å². The number of halogens is 1. The predicted molar refractivity (Wildman–Crippen MR) is 157 cm³/mol. The molecule has 3 aromatic rings. The molecule has 1 saturated heterocycles. The van der Waals surface area contributed by atoms with E-state index in [9.17, 15) is 19.2 Å². The fourth-order valence-electron chi connectivity index (χ4n) is 4.82. The van der Waals surface area contributed by atoms with Gasteiger partial charge in [0.05, 0.1) is 11.1 Å². The highest BCUT2D eigenvalue weighted by Gasteiger charge is 2.39. The molecule has 4 heterocycles. The number of nitrogens with two attached hydrogens (primary N) is 1. The fraction of sp³-hybridized carbons (Fsp3) is 0.423. The van der Waals surface area contributed by atoms with Crippen molar-refractivity contribution in [2.45, 2.75) is 50.7 Å². The molecule has 16 heteroatoms. The lowest BCUT2D eigenvalue weighted by Gasteiger charge is -2.22. The van der Waals surface area contributed by atoms with E-state index < -0.39 is 18.0 Å². The van der Waals surface area contributed by atoms with Gasteiger partial charge in [0.1, 0.15) is 28.1 Å². The Kier molecular flexibility index (Phi) is 9.96. The molecular weight excluding hydrogens is 584 g/mol. The van der Waals surface area contributed by atoms with Gasteiger partial charge in [-0.05, 0) is 37.8 Å². The summed E-state index contributed by atoms with van der Waals surface area (Å²) in [7, 11) is 1.49. The lowest BCUT2D eigenvalue weighted by molar-refractivity contribution is -0.122. The Morgan fingerprint density at radius 1 is 1.19 bits per heavy atom. The van der Waals surface area contributed by atoms with Crippen LogP contribution in [-0.4, -0.2) is 81.1 Å². The summed E-state index contributed by atoms with van der Waals surface area (Å²) < 4.78 is 1.67. The van der Waals surface area contributed by atoms with Crippen molar-refractivity contribution >= 4 is 58.2 Å². The number of unbranched alkanes of at least 4 members (excludes halogenated alkanes) is 1. The number of hydrogen-bond donors (Lipinski definition) is 6. The number of nitrogens with one attached hydrogen (secondary N) is 5. The molecule has 0 bridgehead atoms. The zero-order valence-electron chi connectivity index (χ0n) is 23.1. The highest BCUT2D eigenvalue weighted by atomic mass is 35.5. The van der Waals surface area contributed by atoms with Crippen LogP contribution in [0.1, 0.15) is 64.6 Å². The van der Waals surface area contributed by atoms with E-state index in [1.807, 2.05) is 0 Å². The summed E-state index contributed by atoms with van der Waals surface area (Å²) in [6.07, 6.45) is 5.32. The van der Waals surface area contributed by atoms with Crippen LogP contribution < -0.4 is 27.0 Å². The van der Waals surface area contributed by atoms with Gasteiger partial charge in [-0.1, -0.05) is 11.6 Å². The molecule has 0 aliphatic carbocycles. The van der Waals surface area contributed by atoms with Gasteiger partial charge in [0.15, 0.2) is 5.96 Å². The first kappa shape index (κ1) is 30.7. The van der Waals surface area contributed by atoms with E-state index in [4.69, 9.17) is 22.7 Å². The number of rotatable bonds is 11. The molecule has 1 fully saturated rings. The fourth-order valence-corrected chi connectivity index (χ4v) is 5.91. The number of likely N-dealkylation sites (tertiary alicyclic amines) is 1.